The van der Waals surface area contributed by atoms with E-state index >= 15 is 0 Å². The van der Waals surface area contributed by atoms with Gasteiger partial charge in [-0.2, -0.15) is 0 Å². The molecule has 0 aliphatic heterocycles. The van der Waals surface area contributed by atoms with Crippen molar-refractivity contribution in [2.24, 2.45) is 11.8 Å². The van der Waals surface area contributed by atoms with E-state index in [1.807, 2.05) is 12.1 Å². The summed E-state index contributed by atoms with van der Waals surface area (Å²) in [6.07, 6.45) is 4.74. The zero-order chi connectivity index (χ0) is 13.4. The molecule has 6 nitrogen and oxygen atoms in total. The van der Waals surface area contributed by atoms with Gasteiger partial charge in [0.2, 0.25) is 0 Å². The number of hydrogen-bond donors (Lipinski definition) is 2. The normalized spacial score (nSPS) is 18.2. The highest BCUT2D eigenvalue weighted by molar-refractivity contribution is 5.77. The first kappa shape index (κ1) is 12.2. The Morgan fingerprint density at radius 2 is 2.11 bits per heavy atom. The van der Waals surface area contributed by atoms with Crippen LogP contribution in [0.15, 0.2) is 18.2 Å². The summed E-state index contributed by atoms with van der Waals surface area (Å²) in [5, 5.41) is 11.3. The van der Waals surface area contributed by atoms with Gasteiger partial charge in [-0.05, 0) is 43.7 Å². The Balaban J connectivity index is 1.98. The van der Waals surface area contributed by atoms with E-state index in [0.29, 0.717) is 23.3 Å². The molecule has 0 spiro atoms. The van der Waals surface area contributed by atoms with Crippen LogP contribution in [0.5, 0.6) is 0 Å². The van der Waals surface area contributed by atoms with Crippen LogP contribution in [0.25, 0.3) is 0 Å². The molecular formula is C13H18N4O2. The van der Waals surface area contributed by atoms with Gasteiger partial charge in [-0.1, -0.05) is 6.07 Å². The average molecular weight is 262 g/mol. The zero-order valence-electron chi connectivity index (χ0n) is 10.7. The molecule has 0 aromatic heterocycles. The molecule has 2 fully saturated rings. The second kappa shape index (κ2) is 4.70. The van der Waals surface area contributed by atoms with E-state index in [1.54, 1.807) is 6.07 Å². The Morgan fingerprint density at radius 3 is 2.63 bits per heavy atom. The molecule has 3 rings (SSSR count). The maximum atomic E-state index is 11.3. The Morgan fingerprint density at radius 1 is 1.37 bits per heavy atom. The molecule has 2 aliphatic carbocycles. The summed E-state index contributed by atoms with van der Waals surface area (Å²) in [4.78, 5) is 13.2. The zero-order valence-corrected chi connectivity index (χ0v) is 10.7. The molecule has 0 unspecified atom stereocenters. The van der Waals surface area contributed by atoms with Crippen LogP contribution in [0.1, 0.15) is 25.7 Å². The Bertz CT molecular complexity index is 497. The first-order chi connectivity index (χ1) is 9.20. The lowest BCUT2D eigenvalue weighted by Crippen LogP contribution is -2.29. The van der Waals surface area contributed by atoms with E-state index < -0.39 is 0 Å². The number of nitrogen functional groups attached to an aromatic ring is 1. The van der Waals surface area contributed by atoms with Crippen LogP contribution in [0.2, 0.25) is 0 Å². The fraction of sp³-hybridized carbons (Fsp3) is 0.538. The standard InChI is InChI=1S/C13H18N4O2/c14-15-11-2-1-3-12(13(11)17(18)19)16(10-6-7-10)8-9-4-5-9/h1-3,9-10,15H,4-8,14H2. The lowest BCUT2D eigenvalue weighted by atomic mass is 10.2. The van der Waals surface area contributed by atoms with E-state index in [0.717, 1.165) is 19.4 Å². The third-order valence-corrected chi connectivity index (χ3v) is 3.80. The molecule has 3 N–H and O–H groups in total. The van der Waals surface area contributed by atoms with E-state index in [4.69, 9.17) is 5.84 Å². The Labute approximate surface area is 111 Å². The predicted molar refractivity (Wildman–Crippen MR) is 74.0 cm³/mol. The smallest absolute Gasteiger partial charge is 0.316 e. The number of nitro benzene ring substituents is 1. The topological polar surface area (TPSA) is 84.4 Å². The van der Waals surface area contributed by atoms with Crippen molar-refractivity contribution in [3.8, 4) is 0 Å². The largest absolute Gasteiger partial charge is 0.363 e. The summed E-state index contributed by atoms with van der Waals surface area (Å²) in [6.45, 7) is 0.930. The second-order valence-corrected chi connectivity index (χ2v) is 5.40. The van der Waals surface area contributed by atoms with Gasteiger partial charge < -0.3 is 10.3 Å². The number of nitro groups is 1. The number of hydrazine groups is 1. The number of anilines is 2. The van der Waals surface area contributed by atoms with Crippen molar-refractivity contribution in [1.82, 2.24) is 0 Å². The van der Waals surface area contributed by atoms with Crippen molar-refractivity contribution >= 4 is 17.1 Å². The molecule has 6 heteroatoms. The van der Waals surface area contributed by atoms with Gasteiger partial charge in [0.15, 0.2) is 0 Å². The SMILES string of the molecule is NNc1cccc(N(CC2CC2)C2CC2)c1[N+](=O)[O-]. The van der Waals surface area contributed by atoms with Gasteiger partial charge in [-0.25, -0.2) is 0 Å². The highest BCUT2D eigenvalue weighted by Crippen LogP contribution is 2.43. The molecule has 0 radical (unpaired) electrons. The molecule has 0 bridgehead atoms. The van der Waals surface area contributed by atoms with Crippen LogP contribution in [-0.2, 0) is 0 Å². The van der Waals surface area contributed by atoms with Gasteiger partial charge in [0, 0.05) is 12.6 Å². The molecule has 1 aromatic rings. The number of hydrogen-bond acceptors (Lipinski definition) is 5. The van der Waals surface area contributed by atoms with Gasteiger partial charge >= 0.3 is 5.69 Å². The van der Waals surface area contributed by atoms with E-state index in [9.17, 15) is 10.1 Å². The molecular weight excluding hydrogens is 244 g/mol. The molecule has 0 heterocycles. The summed E-state index contributed by atoms with van der Waals surface area (Å²) in [6, 6.07) is 5.76. The number of rotatable bonds is 6. The highest BCUT2D eigenvalue weighted by Gasteiger charge is 2.37. The molecule has 2 saturated carbocycles. The van der Waals surface area contributed by atoms with E-state index in [1.165, 1.54) is 12.8 Å². The van der Waals surface area contributed by atoms with Gasteiger partial charge in [-0.3, -0.25) is 16.0 Å². The van der Waals surface area contributed by atoms with Crippen LogP contribution in [-0.4, -0.2) is 17.5 Å². The lowest BCUT2D eigenvalue weighted by molar-refractivity contribution is -0.383. The quantitative estimate of drug-likeness (QED) is 0.466. The minimum absolute atomic E-state index is 0.0950. The first-order valence-corrected chi connectivity index (χ1v) is 6.71. The third-order valence-electron chi connectivity index (χ3n) is 3.80. The summed E-state index contributed by atoms with van der Waals surface area (Å²) >= 11 is 0. The Hall–Kier alpha value is -1.82. The van der Waals surface area contributed by atoms with Crippen molar-refractivity contribution < 1.29 is 4.92 Å². The van der Waals surface area contributed by atoms with E-state index in [-0.39, 0.29) is 10.6 Å². The number of para-hydroxylation sites is 1. The van der Waals surface area contributed by atoms with Crippen LogP contribution in [0.4, 0.5) is 17.1 Å². The number of nitrogens with one attached hydrogen (secondary N) is 1. The van der Waals surface area contributed by atoms with Crippen molar-refractivity contribution in [2.75, 3.05) is 16.9 Å². The van der Waals surface area contributed by atoms with Crippen molar-refractivity contribution in [3.05, 3.63) is 28.3 Å². The molecule has 0 saturated heterocycles. The summed E-state index contributed by atoms with van der Waals surface area (Å²) in [5.74, 6) is 6.09. The summed E-state index contributed by atoms with van der Waals surface area (Å²) < 4.78 is 0. The number of nitrogens with two attached hydrogens (primary N) is 1. The fourth-order valence-corrected chi connectivity index (χ4v) is 2.48. The predicted octanol–water partition coefficient (Wildman–Crippen LogP) is 2.26. The Kier molecular flexibility index (Phi) is 3.02. The maximum Gasteiger partial charge on any atom is 0.316 e. The molecule has 0 atom stereocenters. The van der Waals surface area contributed by atoms with Crippen molar-refractivity contribution in [3.63, 3.8) is 0 Å². The molecule has 102 valence electrons. The van der Waals surface area contributed by atoms with Gasteiger partial charge in [0.25, 0.3) is 0 Å². The first-order valence-electron chi connectivity index (χ1n) is 6.71. The molecule has 1 aromatic carbocycles. The molecule has 2 aliphatic rings. The second-order valence-electron chi connectivity index (χ2n) is 5.40. The van der Waals surface area contributed by atoms with Crippen molar-refractivity contribution in [2.45, 2.75) is 31.7 Å². The summed E-state index contributed by atoms with van der Waals surface area (Å²) in [7, 11) is 0. The lowest BCUT2D eigenvalue weighted by Gasteiger charge is -2.25. The molecule has 0 amide bonds. The fourth-order valence-electron chi connectivity index (χ4n) is 2.48. The monoisotopic (exact) mass is 262 g/mol. The van der Waals surface area contributed by atoms with Crippen LogP contribution < -0.4 is 16.2 Å². The van der Waals surface area contributed by atoms with Crippen molar-refractivity contribution in [1.29, 1.82) is 0 Å². The van der Waals surface area contributed by atoms with Crippen LogP contribution >= 0.6 is 0 Å². The number of nitrogens with zero attached hydrogens (tertiary/aromatic N) is 2. The van der Waals surface area contributed by atoms with Gasteiger partial charge in [-0.15, -0.1) is 0 Å². The van der Waals surface area contributed by atoms with Crippen LogP contribution in [0.3, 0.4) is 0 Å². The molecule has 19 heavy (non-hydrogen) atoms. The maximum absolute atomic E-state index is 11.3. The highest BCUT2D eigenvalue weighted by atomic mass is 16.6. The third kappa shape index (κ3) is 2.49. The van der Waals surface area contributed by atoms with Crippen LogP contribution in [0, 0.1) is 16.0 Å². The average Bonchev–Trinajstić information content (AvgIpc) is 3.27. The summed E-state index contributed by atoms with van der Waals surface area (Å²) in [5.41, 5.74) is 3.61. The minimum Gasteiger partial charge on any atom is -0.363 e. The van der Waals surface area contributed by atoms with E-state index in [2.05, 4.69) is 10.3 Å². The van der Waals surface area contributed by atoms with Gasteiger partial charge in [0.1, 0.15) is 11.4 Å². The minimum atomic E-state index is -0.340. The number of benzene rings is 1. The van der Waals surface area contributed by atoms with Gasteiger partial charge in [0.05, 0.1) is 4.92 Å².